The summed E-state index contributed by atoms with van der Waals surface area (Å²) in [6, 6.07) is 5.10. The van der Waals surface area contributed by atoms with Crippen LogP contribution in [0.3, 0.4) is 0 Å². The van der Waals surface area contributed by atoms with Crippen LogP contribution in [0.25, 0.3) is 0 Å². The Balaban J connectivity index is 2.25. The number of sulfonamides is 1. The molecule has 3 nitrogen and oxygen atoms in total. The SMILES string of the molecule is CCC(NS(=O)(=O)c1cc(Cl)c(Br)s1)c1cccs1. The summed E-state index contributed by atoms with van der Waals surface area (Å²) in [5.41, 5.74) is 0. The molecule has 0 amide bonds. The molecule has 2 rings (SSSR count). The first kappa shape index (κ1) is 15.5. The van der Waals surface area contributed by atoms with Crippen molar-refractivity contribution in [1.29, 1.82) is 0 Å². The van der Waals surface area contributed by atoms with Gasteiger partial charge in [0.15, 0.2) is 0 Å². The maximum absolute atomic E-state index is 12.3. The molecule has 2 heterocycles. The molecular weight excluding hydrogens is 390 g/mol. The second kappa shape index (κ2) is 6.24. The molecule has 8 heteroatoms. The van der Waals surface area contributed by atoms with Crippen molar-refractivity contribution in [3.05, 3.63) is 37.3 Å². The van der Waals surface area contributed by atoms with Crippen LogP contribution in [0, 0.1) is 0 Å². The number of nitrogens with one attached hydrogen (secondary N) is 1. The average Bonchev–Trinajstić information content (AvgIpc) is 2.98. The Labute approximate surface area is 133 Å². The van der Waals surface area contributed by atoms with Crippen molar-refractivity contribution < 1.29 is 8.42 Å². The maximum atomic E-state index is 12.3. The van der Waals surface area contributed by atoms with Crippen molar-refractivity contribution in [1.82, 2.24) is 4.72 Å². The van der Waals surface area contributed by atoms with E-state index in [0.717, 1.165) is 16.2 Å². The van der Waals surface area contributed by atoms with Gasteiger partial charge in [0.1, 0.15) is 4.21 Å². The quantitative estimate of drug-likeness (QED) is 0.793. The van der Waals surface area contributed by atoms with Crippen LogP contribution in [-0.2, 0) is 10.0 Å². The second-order valence-corrected chi connectivity index (χ2v) is 9.48. The summed E-state index contributed by atoms with van der Waals surface area (Å²) in [5.74, 6) is 0. The monoisotopic (exact) mass is 399 g/mol. The standard InChI is InChI=1S/C11H11BrClNO2S3/c1-2-8(9-4-3-5-17-9)14-19(15,16)10-6-7(13)11(12)18-10/h3-6,8,14H,2H2,1H3. The van der Waals surface area contributed by atoms with Gasteiger partial charge in [-0.2, -0.15) is 0 Å². The van der Waals surface area contributed by atoms with Crippen LogP contribution in [0.15, 0.2) is 31.6 Å². The van der Waals surface area contributed by atoms with E-state index in [-0.39, 0.29) is 10.3 Å². The zero-order valence-corrected chi connectivity index (χ0v) is 14.7. The first-order valence-corrected chi connectivity index (χ1v) is 9.79. The molecule has 0 radical (unpaired) electrons. The van der Waals surface area contributed by atoms with Gasteiger partial charge in [0.25, 0.3) is 10.0 Å². The maximum Gasteiger partial charge on any atom is 0.250 e. The highest BCUT2D eigenvalue weighted by atomic mass is 79.9. The molecular formula is C11H11BrClNO2S3. The van der Waals surface area contributed by atoms with E-state index in [1.54, 1.807) is 11.3 Å². The van der Waals surface area contributed by atoms with Gasteiger partial charge in [-0.25, -0.2) is 13.1 Å². The van der Waals surface area contributed by atoms with E-state index in [9.17, 15) is 8.42 Å². The van der Waals surface area contributed by atoms with E-state index >= 15 is 0 Å². The zero-order chi connectivity index (χ0) is 14.0. The van der Waals surface area contributed by atoms with Gasteiger partial charge < -0.3 is 0 Å². The second-order valence-electron chi connectivity index (χ2n) is 3.78. The number of rotatable bonds is 5. The minimum Gasteiger partial charge on any atom is -0.206 e. The lowest BCUT2D eigenvalue weighted by molar-refractivity contribution is 0.555. The molecule has 0 aromatic carbocycles. The Morgan fingerprint density at radius 1 is 1.53 bits per heavy atom. The van der Waals surface area contributed by atoms with Crippen molar-refractivity contribution in [2.45, 2.75) is 23.6 Å². The van der Waals surface area contributed by atoms with Crippen molar-refractivity contribution in [3.63, 3.8) is 0 Å². The van der Waals surface area contributed by atoms with Gasteiger partial charge in [0.05, 0.1) is 14.9 Å². The van der Waals surface area contributed by atoms with Crippen LogP contribution in [0.4, 0.5) is 0 Å². The molecule has 1 unspecified atom stereocenters. The average molecular weight is 401 g/mol. The fourth-order valence-corrected chi connectivity index (χ4v) is 6.19. The van der Waals surface area contributed by atoms with Gasteiger partial charge in [0.2, 0.25) is 0 Å². The lowest BCUT2D eigenvalue weighted by Crippen LogP contribution is -2.27. The van der Waals surface area contributed by atoms with Gasteiger partial charge in [-0.3, -0.25) is 0 Å². The molecule has 2 aromatic heterocycles. The molecule has 1 atom stereocenters. The largest absolute Gasteiger partial charge is 0.250 e. The molecule has 0 fully saturated rings. The zero-order valence-electron chi connectivity index (χ0n) is 9.89. The predicted octanol–water partition coefficient (Wildman–Crippen LogP) is 4.66. The summed E-state index contributed by atoms with van der Waals surface area (Å²) in [7, 11) is -3.54. The van der Waals surface area contributed by atoms with Crippen LogP contribution in [0.5, 0.6) is 0 Å². The third-order valence-electron chi connectivity index (χ3n) is 2.48. The predicted molar refractivity (Wildman–Crippen MR) is 84.7 cm³/mol. The molecule has 19 heavy (non-hydrogen) atoms. The van der Waals surface area contributed by atoms with E-state index in [1.165, 1.54) is 6.07 Å². The molecule has 104 valence electrons. The van der Waals surface area contributed by atoms with Gasteiger partial charge in [-0.15, -0.1) is 22.7 Å². The molecule has 0 aliphatic heterocycles. The smallest absolute Gasteiger partial charge is 0.206 e. The van der Waals surface area contributed by atoms with E-state index in [2.05, 4.69) is 20.7 Å². The van der Waals surface area contributed by atoms with Crippen molar-refractivity contribution >= 4 is 60.2 Å². The normalized spacial score (nSPS) is 13.6. The summed E-state index contributed by atoms with van der Waals surface area (Å²) in [5, 5.41) is 2.35. The topological polar surface area (TPSA) is 46.2 Å². The van der Waals surface area contributed by atoms with Crippen molar-refractivity contribution in [2.75, 3.05) is 0 Å². The number of hydrogen-bond donors (Lipinski definition) is 1. The van der Waals surface area contributed by atoms with Gasteiger partial charge in [-0.05, 0) is 39.9 Å². The first-order valence-electron chi connectivity index (χ1n) is 5.44. The summed E-state index contributed by atoms with van der Waals surface area (Å²) in [6.45, 7) is 1.95. The van der Waals surface area contributed by atoms with Gasteiger partial charge in [0, 0.05) is 4.88 Å². The number of hydrogen-bond acceptors (Lipinski definition) is 4. The van der Waals surface area contributed by atoms with E-state index in [1.807, 2.05) is 24.4 Å². The number of thiophene rings is 2. The molecule has 2 aromatic rings. The summed E-state index contributed by atoms with van der Waals surface area (Å²) in [6.07, 6.45) is 0.694. The van der Waals surface area contributed by atoms with E-state index in [4.69, 9.17) is 11.6 Å². The Morgan fingerprint density at radius 3 is 2.74 bits per heavy atom. The van der Waals surface area contributed by atoms with Crippen LogP contribution in [0.2, 0.25) is 5.02 Å². The lowest BCUT2D eigenvalue weighted by atomic mass is 10.2. The summed E-state index contributed by atoms with van der Waals surface area (Å²) < 4.78 is 28.1. The minimum atomic E-state index is -3.54. The molecule has 1 N–H and O–H groups in total. The highest BCUT2D eigenvalue weighted by molar-refractivity contribution is 9.11. The summed E-state index contributed by atoms with van der Waals surface area (Å²) in [4.78, 5) is 1.01. The van der Waals surface area contributed by atoms with Crippen LogP contribution in [0.1, 0.15) is 24.3 Å². The Hall–Kier alpha value is 0.0800. The van der Waals surface area contributed by atoms with E-state index in [0.29, 0.717) is 15.2 Å². The molecule has 0 spiro atoms. The highest BCUT2D eigenvalue weighted by Crippen LogP contribution is 2.35. The fourth-order valence-electron chi connectivity index (χ4n) is 1.54. The molecule has 0 saturated carbocycles. The molecule has 0 bridgehead atoms. The molecule has 0 aliphatic carbocycles. The number of halogens is 2. The van der Waals surface area contributed by atoms with Crippen LogP contribution < -0.4 is 4.72 Å². The van der Waals surface area contributed by atoms with Gasteiger partial charge >= 0.3 is 0 Å². The van der Waals surface area contributed by atoms with E-state index < -0.39 is 10.0 Å². The molecule has 0 saturated heterocycles. The van der Waals surface area contributed by atoms with Crippen molar-refractivity contribution in [3.8, 4) is 0 Å². The first-order chi connectivity index (χ1) is 8.94. The van der Waals surface area contributed by atoms with Gasteiger partial charge in [-0.1, -0.05) is 24.6 Å². The third-order valence-corrected chi connectivity index (χ3v) is 7.89. The highest BCUT2D eigenvalue weighted by Gasteiger charge is 2.23. The lowest BCUT2D eigenvalue weighted by Gasteiger charge is -2.14. The Bertz CT molecular complexity index is 632. The minimum absolute atomic E-state index is 0.204. The Morgan fingerprint density at radius 2 is 2.26 bits per heavy atom. The fraction of sp³-hybridized carbons (Fsp3) is 0.273. The Kier molecular flexibility index (Phi) is 5.08. The third kappa shape index (κ3) is 3.59. The van der Waals surface area contributed by atoms with Crippen molar-refractivity contribution in [2.24, 2.45) is 0 Å². The van der Waals surface area contributed by atoms with Crippen LogP contribution in [-0.4, -0.2) is 8.42 Å². The van der Waals surface area contributed by atoms with Crippen LogP contribution >= 0.6 is 50.2 Å². The molecule has 0 aliphatic rings. The summed E-state index contributed by atoms with van der Waals surface area (Å²) >= 11 is 11.8.